The molecule has 0 radical (unpaired) electrons. The van der Waals surface area contributed by atoms with Crippen molar-refractivity contribution in [2.24, 2.45) is 5.73 Å². The Morgan fingerprint density at radius 3 is 3.00 bits per heavy atom. The van der Waals surface area contributed by atoms with Crippen LogP contribution >= 0.6 is 11.3 Å². The highest BCUT2D eigenvalue weighted by atomic mass is 32.1. The molecular formula is C8H9N3S. The number of aromatic nitrogens is 1. The Kier molecular flexibility index (Phi) is 1.71. The summed E-state index contributed by atoms with van der Waals surface area (Å²) in [4.78, 5) is 5.17. The van der Waals surface area contributed by atoms with Gasteiger partial charge in [0.05, 0.1) is 4.70 Å². The van der Waals surface area contributed by atoms with Crippen LogP contribution < -0.4 is 11.5 Å². The molecule has 3 nitrogen and oxygen atoms in total. The van der Waals surface area contributed by atoms with Crippen molar-refractivity contribution in [3.63, 3.8) is 0 Å². The summed E-state index contributed by atoms with van der Waals surface area (Å²) in [5.74, 6) is 0.559. The third-order valence-corrected chi connectivity index (χ3v) is 2.79. The van der Waals surface area contributed by atoms with Gasteiger partial charge in [-0.1, -0.05) is 0 Å². The number of thiophene rings is 1. The smallest absolute Gasteiger partial charge is 0.123 e. The van der Waals surface area contributed by atoms with E-state index < -0.39 is 0 Å². The van der Waals surface area contributed by atoms with Gasteiger partial charge >= 0.3 is 0 Å². The molecular weight excluding hydrogens is 170 g/mol. The molecule has 0 aliphatic heterocycles. The van der Waals surface area contributed by atoms with Crippen molar-refractivity contribution in [1.82, 2.24) is 4.98 Å². The van der Waals surface area contributed by atoms with Crippen molar-refractivity contribution in [3.05, 3.63) is 23.2 Å². The first-order valence-electron chi connectivity index (χ1n) is 3.63. The van der Waals surface area contributed by atoms with Crippen molar-refractivity contribution < 1.29 is 0 Å². The van der Waals surface area contributed by atoms with Gasteiger partial charge in [0.2, 0.25) is 0 Å². The normalized spacial score (nSPS) is 10.8. The van der Waals surface area contributed by atoms with E-state index in [0.29, 0.717) is 12.4 Å². The van der Waals surface area contributed by atoms with Gasteiger partial charge in [0.15, 0.2) is 0 Å². The van der Waals surface area contributed by atoms with Crippen LogP contribution in [0.25, 0.3) is 10.1 Å². The van der Waals surface area contributed by atoms with Crippen molar-refractivity contribution >= 4 is 27.2 Å². The fourth-order valence-corrected chi connectivity index (χ4v) is 2.01. The number of rotatable bonds is 1. The molecule has 0 bridgehead atoms. The van der Waals surface area contributed by atoms with E-state index in [1.54, 1.807) is 17.5 Å². The van der Waals surface area contributed by atoms with Crippen molar-refractivity contribution in [3.8, 4) is 0 Å². The van der Waals surface area contributed by atoms with Crippen LogP contribution in [0, 0.1) is 0 Å². The maximum absolute atomic E-state index is 5.54. The van der Waals surface area contributed by atoms with E-state index in [1.165, 1.54) is 0 Å². The topological polar surface area (TPSA) is 64.9 Å². The van der Waals surface area contributed by atoms with Gasteiger partial charge in [-0.05, 0) is 17.5 Å². The van der Waals surface area contributed by atoms with Gasteiger partial charge in [-0.15, -0.1) is 11.3 Å². The molecule has 4 N–H and O–H groups in total. The Morgan fingerprint density at radius 2 is 2.25 bits per heavy atom. The number of fused-ring (bicyclic) bond motifs is 1. The van der Waals surface area contributed by atoms with E-state index in [0.717, 1.165) is 15.0 Å². The molecule has 0 fully saturated rings. The summed E-state index contributed by atoms with van der Waals surface area (Å²) in [7, 11) is 0. The summed E-state index contributed by atoms with van der Waals surface area (Å²) in [5.41, 5.74) is 11.0. The number of nitrogens with two attached hydrogens (primary N) is 2. The minimum absolute atomic E-state index is 0.559. The predicted molar refractivity (Wildman–Crippen MR) is 51.9 cm³/mol. The molecule has 2 aromatic rings. The lowest BCUT2D eigenvalue weighted by molar-refractivity contribution is 1.11. The van der Waals surface area contributed by atoms with Crippen LogP contribution in [0.15, 0.2) is 18.3 Å². The lowest BCUT2D eigenvalue weighted by Gasteiger charge is -1.89. The van der Waals surface area contributed by atoms with Gasteiger partial charge in [0.25, 0.3) is 0 Å². The monoisotopic (exact) mass is 179 g/mol. The maximum Gasteiger partial charge on any atom is 0.123 e. The second-order valence-electron chi connectivity index (χ2n) is 2.56. The van der Waals surface area contributed by atoms with Crippen LogP contribution in [-0.2, 0) is 6.54 Å². The molecule has 0 unspecified atom stereocenters. The predicted octanol–water partition coefficient (Wildman–Crippen LogP) is 1.34. The first-order valence-corrected chi connectivity index (χ1v) is 4.45. The summed E-state index contributed by atoms with van der Waals surface area (Å²) in [6.07, 6.45) is 1.79. The molecule has 2 heterocycles. The minimum atomic E-state index is 0.559. The second-order valence-corrected chi connectivity index (χ2v) is 3.73. The zero-order valence-electron chi connectivity index (χ0n) is 6.45. The highest BCUT2D eigenvalue weighted by molar-refractivity contribution is 7.19. The average Bonchev–Trinajstić information content (AvgIpc) is 2.46. The quantitative estimate of drug-likeness (QED) is 0.694. The van der Waals surface area contributed by atoms with Crippen LogP contribution in [0.1, 0.15) is 4.88 Å². The molecule has 4 heteroatoms. The number of hydrogen-bond donors (Lipinski definition) is 2. The molecule has 0 aliphatic carbocycles. The van der Waals surface area contributed by atoms with Crippen LogP contribution in [0.4, 0.5) is 5.82 Å². The Labute approximate surface area is 74.0 Å². The molecule has 2 rings (SSSR count). The van der Waals surface area contributed by atoms with Gasteiger partial charge in [0.1, 0.15) is 5.82 Å². The molecule has 0 saturated heterocycles. The molecule has 62 valence electrons. The first-order chi connectivity index (χ1) is 5.79. The number of pyridine rings is 1. The van der Waals surface area contributed by atoms with Crippen LogP contribution in [0.3, 0.4) is 0 Å². The summed E-state index contributed by atoms with van der Waals surface area (Å²) in [6.45, 7) is 0.583. The van der Waals surface area contributed by atoms with Crippen molar-refractivity contribution in [2.45, 2.75) is 6.54 Å². The Hall–Kier alpha value is -1.13. The van der Waals surface area contributed by atoms with E-state index in [1.807, 2.05) is 6.07 Å². The number of anilines is 1. The molecule has 2 aromatic heterocycles. The summed E-state index contributed by atoms with van der Waals surface area (Å²) < 4.78 is 1.14. The van der Waals surface area contributed by atoms with Crippen LogP contribution in [0.5, 0.6) is 0 Å². The molecule has 0 amide bonds. The Morgan fingerprint density at radius 1 is 1.42 bits per heavy atom. The molecule has 0 aliphatic rings. The zero-order chi connectivity index (χ0) is 8.55. The van der Waals surface area contributed by atoms with Gasteiger partial charge in [0, 0.05) is 17.6 Å². The zero-order valence-corrected chi connectivity index (χ0v) is 7.27. The summed E-state index contributed by atoms with van der Waals surface area (Å²) in [6, 6.07) is 3.92. The van der Waals surface area contributed by atoms with Gasteiger partial charge in [-0.25, -0.2) is 4.98 Å². The SMILES string of the molecule is NCc1cc2cc(N)ncc2s1. The fraction of sp³-hybridized carbons (Fsp3) is 0.125. The van der Waals surface area contributed by atoms with E-state index in [4.69, 9.17) is 11.5 Å². The second kappa shape index (κ2) is 2.73. The third kappa shape index (κ3) is 1.15. The highest BCUT2D eigenvalue weighted by Crippen LogP contribution is 2.25. The fourth-order valence-electron chi connectivity index (χ4n) is 1.12. The van der Waals surface area contributed by atoms with E-state index in [2.05, 4.69) is 11.1 Å². The highest BCUT2D eigenvalue weighted by Gasteiger charge is 2.00. The Balaban J connectivity index is 2.67. The number of nitrogens with zero attached hydrogens (tertiary/aromatic N) is 1. The number of nitrogen functional groups attached to an aromatic ring is 1. The minimum Gasteiger partial charge on any atom is -0.384 e. The lowest BCUT2D eigenvalue weighted by Crippen LogP contribution is -1.91. The van der Waals surface area contributed by atoms with Gasteiger partial charge in [-0.3, -0.25) is 0 Å². The van der Waals surface area contributed by atoms with E-state index in [-0.39, 0.29) is 0 Å². The average molecular weight is 179 g/mol. The van der Waals surface area contributed by atoms with Crippen LogP contribution in [-0.4, -0.2) is 4.98 Å². The van der Waals surface area contributed by atoms with E-state index in [9.17, 15) is 0 Å². The third-order valence-electron chi connectivity index (χ3n) is 1.68. The summed E-state index contributed by atoms with van der Waals surface area (Å²) >= 11 is 1.66. The Bertz CT molecular complexity index is 408. The first kappa shape index (κ1) is 7.52. The van der Waals surface area contributed by atoms with Crippen molar-refractivity contribution in [1.29, 1.82) is 0 Å². The maximum atomic E-state index is 5.54. The lowest BCUT2D eigenvalue weighted by atomic mass is 10.3. The largest absolute Gasteiger partial charge is 0.384 e. The molecule has 0 saturated carbocycles. The summed E-state index contributed by atoms with van der Waals surface area (Å²) in [5, 5.41) is 1.13. The molecule has 0 atom stereocenters. The molecule has 0 aromatic carbocycles. The molecule has 0 spiro atoms. The standard InChI is InChI=1S/C8H9N3S/c9-3-6-1-5-2-8(10)11-4-7(5)12-6/h1-2,4H,3,9H2,(H2,10,11). The molecule has 12 heavy (non-hydrogen) atoms. The van der Waals surface area contributed by atoms with Gasteiger partial charge in [-0.2, -0.15) is 0 Å². The van der Waals surface area contributed by atoms with E-state index >= 15 is 0 Å². The van der Waals surface area contributed by atoms with Crippen LogP contribution in [0.2, 0.25) is 0 Å². The van der Waals surface area contributed by atoms with Gasteiger partial charge < -0.3 is 11.5 Å². The van der Waals surface area contributed by atoms with Crippen molar-refractivity contribution in [2.75, 3.05) is 5.73 Å². The number of hydrogen-bond acceptors (Lipinski definition) is 4.